The van der Waals surface area contributed by atoms with Crippen LogP contribution in [0.1, 0.15) is 21.5 Å². The number of hydrogen-bond donors (Lipinski definition) is 2. The molecule has 4 rings (SSSR count). The first-order chi connectivity index (χ1) is 14.7. The van der Waals surface area contributed by atoms with Crippen molar-refractivity contribution >= 4 is 23.6 Å². The Morgan fingerprint density at radius 1 is 1.00 bits per heavy atom. The molecule has 0 spiro atoms. The highest BCUT2D eigenvalue weighted by Crippen LogP contribution is 2.32. The number of pyridine rings is 1. The Kier molecular flexibility index (Phi) is 5.70. The third-order valence-corrected chi connectivity index (χ3v) is 4.42. The third-order valence-electron chi connectivity index (χ3n) is 4.42. The molecule has 0 atom stereocenters. The van der Waals surface area contributed by atoms with Gasteiger partial charge in [0.25, 0.3) is 5.91 Å². The van der Waals surface area contributed by atoms with Crippen molar-refractivity contribution in [3.8, 4) is 11.5 Å². The molecular formula is C23H19N3O4. The SMILES string of the molecule is O=C(/C=C/c1ccc2c(c1)OCO2)NCc1cccc(NC(=O)c2ccncc2)c1. The molecule has 7 heteroatoms. The van der Waals surface area contributed by atoms with Crippen LogP contribution in [0, 0.1) is 0 Å². The van der Waals surface area contributed by atoms with Crippen molar-refractivity contribution in [3.05, 3.63) is 89.8 Å². The number of nitrogens with one attached hydrogen (secondary N) is 2. The van der Waals surface area contributed by atoms with Gasteiger partial charge in [-0.3, -0.25) is 14.6 Å². The summed E-state index contributed by atoms with van der Waals surface area (Å²) in [4.78, 5) is 28.3. The van der Waals surface area contributed by atoms with Crippen LogP contribution in [0.2, 0.25) is 0 Å². The van der Waals surface area contributed by atoms with E-state index >= 15 is 0 Å². The number of carbonyl (C=O) groups is 2. The average Bonchev–Trinajstić information content (AvgIpc) is 3.25. The van der Waals surface area contributed by atoms with Gasteiger partial charge in [-0.15, -0.1) is 0 Å². The lowest BCUT2D eigenvalue weighted by molar-refractivity contribution is -0.116. The number of ether oxygens (including phenoxy) is 2. The van der Waals surface area contributed by atoms with Crippen LogP contribution in [0.3, 0.4) is 0 Å². The summed E-state index contributed by atoms with van der Waals surface area (Å²) in [5, 5.41) is 5.67. The molecule has 0 radical (unpaired) electrons. The van der Waals surface area contributed by atoms with E-state index in [0.717, 1.165) is 11.1 Å². The van der Waals surface area contributed by atoms with E-state index < -0.39 is 0 Å². The Bertz CT molecular complexity index is 1100. The summed E-state index contributed by atoms with van der Waals surface area (Å²) in [5.41, 5.74) is 2.89. The molecule has 2 amide bonds. The van der Waals surface area contributed by atoms with E-state index in [9.17, 15) is 9.59 Å². The molecule has 0 saturated carbocycles. The third kappa shape index (κ3) is 4.82. The van der Waals surface area contributed by atoms with Crippen molar-refractivity contribution in [2.45, 2.75) is 6.54 Å². The van der Waals surface area contributed by atoms with Gasteiger partial charge in [-0.25, -0.2) is 0 Å². The van der Waals surface area contributed by atoms with Crippen LogP contribution in [0.15, 0.2) is 73.1 Å². The fourth-order valence-corrected chi connectivity index (χ4v) is 2.90. The molecule has 30 heavy (non-hydrogen) atoms. The molecule has 0 aliphatic carbocycles. The lowest BCUT2D eigenvalue weighted by atomic mass is 10.1. The van der Waals surface area contributed by atoms with Gasteiger partial charge in [0, 0.05) is 36.3 Å². The molecule has 0 bridgehead atoms. The monoisotopic (exact) mass is 401 g/mol. The molecule has 1 aliphatic heterocycles. The second kappa shape index (κ2) is 8.91. The van der Waals surface area contributed by atoms with Gasteiger partial charge in [-0.2, -0.15) is 0 Å². The molecule has 0 unspecified atom stereocenters. The lowest BCUT2D eigenvalue weighted by Crippen LogP contribution is -2.20. The van der Waals surface area contributed by atoms with Gasteiger partial charge < -0.3 is 20.1 Å². The smallest absolute Gasteiger partial charge is 0.255 e. The van der Waals surface area contributed by atoms with Crippen molar-refractivity contribution in [3.63, 3.8) is 0 Å². The number of aromatic nitrogens is 1. The van der Waals surface area contributed by atoms with Crippen LogP contribution in [0.25, 0.3) is 6.08 Å². The molecule has 2 aromatic carbocycles. The second-order valence-electron chi connectivity index (χ2n) is 6.55. The molecule has 2 heterocycles. The van der Waals surface area contributed by atoms with Crippen molar-refractivity contribution in [1.29, 1.82) is 0 Å². The molecule has 1 aromatic heterocycles. The van der Waals surface area contributed by atoms with E-state index in [1.165, 1.54) is 6.08 Å². The zero-order valence-electron chi connectivity index (χ0n) is 16.0. The Morgan fingerprint density at radius 3 is 2.70 bits per heavy atom. The molecule has 2 N–H and O–H groups in total. The summed E-state index contributed by atoms with van der Waals surface area (Å²) in [6, 6.07) is 16.1. The van der Waals surface area contributed by atoms with Gasteiger partial charge in [0.15, 0.2) is 11.5 Å². The fourth-order valence-electron chi connectivity index (χ4n) is 2.90. The average molecular weight is 401 g/mol. The first-order valence-corrected chi connectivity index (χ1v) is 9.33. The van der Waals surface area contributed by atoms with Gasteiger partial charge in [-0.1, -0.05) is 18.2 Å². The maximum Gasteiger partial charge on any atom is 0.255 e. The highest BCUT2D eigenvalue weighted by Gasteiger charge is 2.12. The Morgan fingerprint density at radius 2 is 1.83 bits per heavy atom. The Labute approximate surface area is 173 Å². The minimum Gasteiger partial charge on any atom is -0.454 e. The summed E-state index contributed by atoms with van der Waals surface area (Å²) in [5.74, 6) is 0.930. The molecular weight excluding hydrogens is 382 g/mol. The van der Waals surface area contributed by atoms with Gasteiger partial charge in [-0.05, 0) is 53.6 Å². The second-order valence-corrected chi connectivity index (χ2v) is 6.55. The largest absolute Gasteiger partial charge is 0.454 e. The van der Waals surface area contributed by atoms with E-state index in [1.807, 2.05) is 36.4 Å². The first-order valence-electron chi connectivity index (χ1n) is 9.33. The fraction of sp³-hybridized carbons (Fsp3) is 0.0870. The lowest BCUT2D eigenvalue weighted by Gasteiger charge is -2.08. The number of fused-ring (bicyclic) bond motifs is 1. The highest BCUT2D eigenvalue weighted by molar-refractivity contribution is 6.04. The minimum atomic E-state index is -0.223. The van der Waals surface area contributed by atoms with Crippen LogP contribution in [0.5, 0.6) is 11.5 Å². The summed E-state index contributed by atoms with van der Waals surface area (Å²) in [7, 11) is 0. The number of hydrogen-bond acceptors (Lipinski definition) is 5. The van der Waals surface area contributed by atoms with Gasteiger partial charge in [0.05, 0.1) is 0 Å². The molecule has 1 aliphatic rings. The predicted molar refractivity (Wildman–Crippen MR) is 112 cm³/mol. The highest BCUT2D eigenvalue weighted by atomic mass is 16.7. The molecule has 7 nitrogen and oxygen atoms in total. The van der Waals surface area contributed by atoms with Gasteiger partial charge in [0.1, 0.15) is 0 Å². The van der Waals surface area contributed by atoms with Crippen molar-refractivity contribution in [1.82, 2.24) is 10.3 Å². The minimum absolute atomic E-state index is 0.213. The predicted octanol–water partition coefficient (Wildman–Crippen LogP) is 3.39. The van der Waals surface area contributed by atoms with E-state index in [2.05, 4.69) is 15.6 Å². The molecule has 0 fully saturated rings. The maximum absolute atomic E-state index is 12.2. The van der Waals surface area contributed by atoms with E-state index in [4.69, 9.17) is 9.47 Å². The number of rotatable bonds is 6. The van der Waals surface area contributed by atoms with E-state index in [1.54, 1.807) is 36.7 Å². The number of benzene rings is 2. The summed E-state index contributed by atoms with van der Waals surface area (Å²) in [6.45, 7) is 0.550. The van der Waals surface area contributed by atoms with Crippen LogP contribution in [0.4, 0.5) is 5.69 Å². The number of carbonyl (C=O) groups excluding carboxylic acids is 2. The van der Waals surface area contributed by atoms with E-state index in [0.29, 0.717) is 29.3 Å². The standard InChI is InChI=1S/C23H19N3O4/c27-22(7-5-16-4-6-20-21(13-16)30-15-29-20)25-14-17-2-1-3-19(12-17)26-23(28)18-8-10-24-11-9-18/h1-13H,14-15H2,(H,25,27)(H,26,28)/b7-5+. The number of amides is 2. The normalized spacial score (nSPS) is 12.0. The van der Waals surface area contributed by atoms with Crippen molar-refractivity contribution in [2.75, 3.05) is 12.1 Å². The summed E-state index contributed by atoms with van der Waals surface area (Å²) >= 11 is 0. The maximum atomic E-state index is 12.2. The summed E-state index contributed by atoms with van der Waals surface area (Å²) < 4.78 is 10.6. The van der Waals surface area contributed by atoms with E-state index in [-0.39, 0.29) is 18.6 Å². The zero-order chi connectivity index (χ0) is 20.8. The molecule has 150 valence electrons. The molecule has 3 aromatic rings. The van der Waals surface area contributed by atoms with Crippen LogP contribution < -0.4 is 20.1 Å². The Hall–Kier alpha value is -4.13. The summed E-state index contributed by atoms with van der Waals surface area (Å²) in [6.07, 6.45) is 6.31. The number of anilines is 1. The van der Waals surface area contributed by atoms with Gasteiger partial charge in [0.2, 0.25) is 12.7 Å². The first kappa shape index (κ1) is 19.2. The van der Waals surface area contributed by atoms with Crippen LogP contribution in [-0.2, 0) is 11.3 Å². The van der Waals surface area contributed by atoms with Crippen molar-refractivity contribution in [2.24, 2.45) is 0 Å². The number of nitrogens with zero attached hydrogens (tertiary/aromatic N) is 1. The van der Waals surface area contributed by atoms with Crippen LogP contribution >= 0.6 is 0 Å². The topological polar surface area (TPSA) is 89.5 Å². The zero-order valence-corrected chi connectivity index (χ0v) is 16.0. The van der Waals surface area contributed by atoms with Crippen LogP contribution in [-0.4, -0.2) is 23.6 Å². The Balaban J connectivity index is 1.32. The molecule has 0 saturated heterocycles. The quantitative estimate of drug-likeness (QED) is 0.618. The van der Waals surface area contributed by atoms with Crippen molar-refractivity contribution < 1.29 is 19.1 Å². The van der Waals surface area contributed by atoms with Gasteiger partial charge >= 0.3 is 0 Å².